The fourth-order valence-electron chi connectivity index (χ4n) is 3.91. The average molecular weight is 532 g/mol. The van der Waals surface area contributed by atoms with Crippen LogP contribution in [0.25, 0.3) is 0 Å². The highest BCUT2D eigenvalue weighted by molar-refractivity contribution is 5.59. The summed E-state index contributed by atoms with van der Waals surface area (Å²) in [4.78, 5) is 11.3. The molecule has 1 aliphatic heterocycles. The molecule has 5 atom stereocenters. The molecule has 0 saturated carbocycles. The minimum absolute atomic E-state index is 0.0773. The number of methoxy groups -OCH3 is 2. The normalized spacial score (nSPS) is 25.7. The van der Waals surface area contributed by atoms with E-state index in [0.717, 1.165) is 19.2 Å². The minimum Gasteiger partial charge on any atom is -0.494 e. The Bertz CT molecular complexity index is 1130. The van der Waals surface area contributed by atoms with Crippen molar-refractivity contribution in [3.8, 4) is 11.6 Å². The quantitative estimate of drug-likeness (QED) is 0.283. The first-order valence-corrected chi connectivity index (χ1v) is 11.3. The van der Waals surface area contributed by atoms with Gasteiger partial charge in [0.15, 0.2) is 17.7 Å². The summed E-state index contributed by atoms with van der Waals surface area (Å²) < 4.78 is 55.2. The van der Waals surface area contributed by atoms with Gasteiger partial charge in [-0.25, -0.2) is 13.6 Å². The maximum Gasteiger partial charge on any atom is 0.508 e. The number of ether oxygens (including phenoxy) is 5. The molecule has 0 spiro atoms. The number of aromatic nitrogens is 2. The highest BCUT2D eigenvalue weighted by Gasteiger charge is 2.56. The van der Waals surface area contributed by atoms with E-state index in [-0.39, 0.29) is 35.2 Å². The van der Waals surface area contributed by atoms with Crippen LogP contribution < -0.4 is 9.47 Å². The van der Waals surface area contributed by atoms with Crippen molar-refractivity contribution < 1.29 is 57.7 Å². The highest BCUT2D eigenvalue weighted by atomic mass is 19.1. The van der Waals surface area contributed by atoms with E-state index < -0.39 is 54.8 Å². The second kappa shape index (κ2) is 11.1. The van der Waals surface area contributed by atoms with Crippen LogP contribution in [0.3, 0.4) is 0 Å². The monoisotopic (exact) mass is 532 g/mol. The van der Waals surface area contributed by atoms with Crippen molar-refractivity contribution >= 4 is 6.16 Å². The standard InChI is InChI=1S/C23H30F2N2O10/c1-10(2)27-11(3)13(6-12-7-15(25)16(33-4)8-14(12)24)21(26-27)37-23(32)20(30)19(29)18(28)17(36-23)9-35-22(31)34-5/h7-8,10,17-20,28-30,32H,6,9H2,1-5H3/t17-,18-,19+,20-,23-/m1/s1. The summed E-state index contributed by atoms with van der Waals surface area (Å²) in [6, 6.07) is 1.61. The Kier molecular flexibility index (Phi) is 8.59. The molecule has 1 aliphatic rings. The molecule has 0 bridgehead atoms. The summed E-state index contributed by atoms with van der Waals surface area (Å²) in [5, 5.41) is 46.3. The van der Waals surface area contributed by atoms with Crippen molar-refractivity contribution in [1.82, 2.24) is 9.78 Å². The van der Waals surface area contributed by atoms with Crippen LogP contribution in [0.1, 0.15) is 36.7 Å². The minimum atomic E-state index is -2.98. The number of hydrogen-bond donors (Lipinski definition) is 4. The van der Waals surface area contributed by atoms with Gasteiger partial charge in [-0.1, -0.05) is 0 Å². The fourth-order valence-corrected chi connectivity index (χ4v) is 3.91. The first-order valence-electron chi connectivity index (χ1n) is 11.3. The van der Waals surface area contributed by atoms with E-state index in [2.05, 4.69) is 9.84 Å². The number of hydrogen-bond acceptors (Lipinski definition) is 11. The van der Waals surface area contributed by atoms with Crippen LogP contribution in [0.5, 0.6) is 11.6 Å². The third-order valence-electron chi connectivity index (χ3n) is 5.94. The second-order valence-electron chi connectivity index (χ2n) is 8.74. The molecule has 14 heteroatoms. The van der Waals surface area contributed by atoms with Gasteiger partial charge in [-0.05, 0) is 32.4 Å². The van der Waals surface area contributed by atoms with Gasteiger partial charge < -0.3 is 44.1 Å². The van der Waals surface area contributed by atoms with Crippen LogP contribution in [-0.4, -0.2) is 87.6 Å². The number of carbonyl (C=O) groups is 1. The first kappa shape index (κ1) is 28.5. The number of benzene rings is 1. The van der Waals surface area contributed by atoms with E-state index in [1.165, 1.54) is 11.8 Å². The van der Waals surface area contributed by atoms with Crippen molar-refractivity contribution in [3.05, 3.63) is 40.6 Å². The molecule has 0 amide bonds. The smallest absolute Gasteiger partial charge is 0.494 e. The van der Waals surface area contributed by atoms with Crippen LogP contribution in [-0.2, 0) is 20.6 Å². The third kappa shape index (κ3) is 5.78. The Morgan fingerprint density at radius 1 is 1.19 bits per heavy atom. The lowest BCUT2D eigenvalue weighted by molar-refractivity contribution is -0.423. The van der Waals surface area contributed by atoms with Gasteiger partial charge in [0.1, 0.15) is 30.7 Å². The van der Waals surface area contributed by atoms with E-state index in [9.17, 15) is 34.0 Å². The predicted octanol–water partition coefficient (Wildman–Crippen LogP) is 0.939. The summed E-state index contributed by atoms with van der Waals surface area (Å²) >= 11 is 0. The Labute approximate surface area is 210 Å². The third-order valence-corrected chi connectivity index (χ3v) is 5.94. The maximum atomic E-state index is 14.7. The number of rotatable bonds is 8. The number of carbonyl (C=O) groups excluding carboxylic acids is 1. The predicted molar refractivity (Wildman–Crippen MR) is 120 cm³/mol. The molecule has 4 N–H and O–H groups in total. The average Bonchev–Trinajstić information content (AvgIpc) is 3.15. The van der Waals surface area contributed by atoms with Gasteiger partial charge >= 0.3 is 12.1 Å². The molecule has 3 rings (SSSR count). The summed E-state index contributed by atoms with van der Waals surface area (Å²) in [6.07, 6.45) is -8.89. The SMILES string of the molecule is COC(=O)OC[C@H]1O[C@@](O)(Oc2nn(C(C)C)c(C)c2Cc2cc(F)c(OC)cc2F)[C@H](O)[C@@H](O)[C@@H]1O. The molecule has 37 heavy (non-hydrogen) atoms. The van der Waals surface area contributed by atoms with Gasteiger partial charge in [0, 0.05) is 29.8 Å². The van der Waals surface area contributed by atoms with Crippen LogP contribution >= 0.6 is 0 Å². The van der Waals surface area contributed by atoms with E-state index >= 15 is 0 Å². The van der Waals surface area contributed by atoms with E-state index in [1.54, 1.807) is 20.8 Å². The lowest BCUT2D eigenvalue weighted by Gasteiger charge is -2.44. The molecule has 1 fully saturated rings. The Morgan fingerprint density at radius 3 is 2.46 bits per heavy atom. The van der Waals surface area contributed by atoms with Crippen molar-refractivity contribution in [2.75, 3.05) is 20.8 Å². The van der Waals surface area contributed by atoms with E-state index in [1.807, 2.05) is 0 Å². The van der Waals surface area contributed by atoms with Crippen molar-refractivity contribution in [3.63, 3.8) is 0 Å². The lowest BCUT2D eigenvalue weighted by atomic mass is 9.97. The zero-order valence-electron chi connectivity index (χ0n) is 20.8. The Hall–Kier alpha value is -3.04. The van der Waals surface area contributed by atoms with E-state index in [0.29, 0.717) is 5.69 Å². The second-order valence-corrected chi connectivity index (χ2v) is 8.74. The Morgan fingerprint density at radius 2 is 1.86 bits per heavy atom. The first-order chi connectivity index (χ1) is 17.3. The summed E-state index contributed by atoms with van der Waals surface area (Å²) in [5.74, 6) is -5.16. The molecule has 1 aromatic heterocycles. The zero-order chi connectivity index (χ0) is 27.7. The van der Waals surface area contributed by atoms with E-state index in [4.69, 9.17) is 18.9 Å². The lowest BCUT2D eigenvalue weighted by Crippen LogP contribution is -2.67. The number of aliphatic hydroxyl groups is 4. The fraction of sp³-hybridized carbons (Fsp3) is 0.565. The zero-order valence-corrected chi connectivity index (χ0v) is 20.8. The molecular weight excluding hydrogens is 502 g/mol. The van der Waals surface area contributed by atoms with Crippen LogP contribution in [0.15, 0.2) is 12.1 Å². The van der Waals surface area contributed by atoms with Gasteiger partial charge in [-0.2, -0.15) is 0 Å². The molecule has 1 saturated heterocycles. The number of halogens is 2. The van der Waals surface area contributed by atoms with Gasteiger partial charge in [-0.15, -0.1) is 5.10 Å². The summed E-state index contributed by atoms with van der Waals surface area (Å²) in [5.41, 5.74) is 0.608. The van der Waals surface area contributed by atoms with Crippen molar-refractivity contribution in [1.29, 1.82) is 0 Å². The van der Waals surface area contributed by atoms with Crippen LogP contribution in [0.4, 0.5) is 13.6 Å². The van der Waals surface area contributed by atoms with Crippen LogP contribution in [0, 0.1) is 18.6 Å². The van der Waals surface area contributed by atoms with Gasteiger partial charge in [0.2, 0.25) is 5.88 Å². The van der Waals surface area contributed by atoms with Crippen molar-refractivity contribution in [2.45, 2.75) is 63.6 Å². The molecule has 0 radical (unpaired) electrons. The summed E-state index contributed by atoms with van der Waals surface area (Å²) in [6.45, 7) is 4.55. The molecular formula is C23H30F2N2O10. The summed E-state index contributed by atoms with van der Waals surface area (Å²) in [7, 11) is 2.25. The number of nitrogens with zero attached hydrogens (tertiary/aromatic N) is 2. The molecule has 0 unspecified atom stereocenters. The Balaban J connectivity index is 1.98. The van der Waals surface area contributed by atoms with Crippen LogP contribution in [0.2, 0.25) is 0 Å². The molecule has 2 heterocycles. The van der Waals surface area contributed by atoms with Crippen molar-refractivity contribution in [2.24, 2.45) is 0 Å². The molecule has 206 valence electrons. The van der Waals surface area contributed by atoms with Gasteiger partial charge in [0.25, 0.3) is 0 Å². The largest absolute Gasteiger partial charge is 0.508 e. The number of aliphatic hydroxyl groups excluding tert-OH is 3. The topological polar surface area (TPSA) is 162 Å². The molecule has 0 aliphatic carbocycles. The molecule has 12 nitrogen and oxygen atoms in total. The van der Waals surface area contributed by atoms with Gasteiger partial charge in [-0.3, -0.25) is 4.68 Å². The molecule has 1 aromatic carbocycles. The highest BCUT2D eigenvalue weighted by Crippen LogP contribution is 2.35. The maximum absolute atomic E-state index is 14.7. The molecule has 2 aromatic rings. The van der Waals surface area contributed by atoms with Gasteiger partial charge in [0.05, 0.1) is 14.2 Å².